The Hall–Kier alpha value is -2.19. The van der Waals surface area contributed by atoms with Crippen molar-refractivity contribution in [1.82, 2.24) is 10.2 Å². The van der Waals surface area contributed by atoms with E-state index in [2.05, 4.69) is 10.2 Å². The molecule has 4 rings (SSSR count). The van der Waals surface area contributed by atoms with E-state index in [0.717, 1.165) is 35.4 Å². The van der Waals surface area contributed by atoms with E-state index in [1.165, 1.54) is 4.31 Å². The molecule has 1 aromatic carbocycles. The summed E-state index contributed by atoms with van der Waals surface area (Å²) >= 11 is 1.15. The van der Waals surface area contributed by atoms with Gasteiger partial charge in [-0.1, -0.05) is 18.2 Å². The van der Waals surface area contributed by atoms with Gasteiger partial charge in [0, 0.05) is 13.5 Å². The van der Waals surface area contributed by atoms with E-state index >= 15 is 0 Å². The van der Waals surface area contributed by atoms with Crippen LogP contribution in [-0.4, -0.2) is 25.2 Å². The second-order valence-electron chi connectivity index (χ2n) is 5.55. The second kappa shape index (κ2) is 5.71. The molecular formula is C16H15N3O3S2. The predicted octanol–water partition coefficient (Wildman–Crippen LogP) is 3.25. The summed E-state index contributed by atoms with van der Waals surface area (Å²) in [6.45, 7) is 2.19. The molecule has 1 aliphatic heterocycles. The van der Waals surface area contributed by atoms with Crippen molar-refractivity contribution >= 4 is 27.0 Å². The van der Waals surface area contributed by atoms with Crippen molar-refractivity contribution in [1.29, 1.82) is 0 Å². The number of anilines is 1. The highest BCUT2D eigenvalue weighted by Crippen LogP contribution is 2.36. The number of fused-ring (bicyclic) bond motifs is 1. The zero-order valence-electron chi connectivity index (χ0n) is 13.0. The number of para-hydroxylation sites is 1. The van der Waals surface area contributed by atoms with Crippen LogP contribution in [0.4, 0.5) is 5.69 Å². The van der Waals surface area contributed by atoms with Crippen molar-refractivity contribution in [3.05, 3.63) is 47.9 Å². The number of nitrogens with zero attached hydrogens (tertiary/aromatic N) is 3. The Kier molecular flexibility index (Phi) is 3.65. The fourth-order valence-corrected chi connectivity index (χ4v) is 5.71. The monoisotopic (exact) mass is 361 g/mol. The molecule has 0 fully saturated rings. The average Bonchev–Trinajstić information content (AvgIpc) is 3.23. The van der Waals surface area contributed by atoms with E-state index < -0.39 is 10.0 Å². The molecule has 1 aliphatic rings. The average molecular weight is 361 g/mol. The number of thiophene rings is 1. The molecule has 0 unspecified atom stereocenters. The van der Waals surface area contributed by atoms with Crippen molar-refractivity contribution < 1.29 is 12.8 Å². The fraction of sp³-hybridized carbons (Fsp3) is 0.250. The van der Waals surface area contributed by atoms with Gasteiger partial charge in [-0.05, 0) is 36.6 Å². The Balaban J connectivity index is 1.73. The highest BCUT2D eigenvalue weighted by atomic mass is 32.2. The molecule has 0 saturated heterocycles. The lowest BCUT2D eigenvalue weighted by Crippen LogP contribution is -2.35. The van der Waals surface area contributed by atoms with Gasteiger partial charge in [-0.2, -0.15) is 0 Å². The summed E-state index contributed by atoms with van der Waals surface area (Å²) in [4.78, 5) is 0.652. The topological polar surface area (TPSA) is 76.3 Å². The van der Waals surface area contributed by atoms with Gasteiger partial charge in [0.05, 0.1) is 10.6 Å². The number of sulfonamides is 1. The summed E-state index contributed by atoms with van der Waals surface area (Å²) in [6, 6.07) is 11.0. The molecule has 0 spiro atoms. The number of hydrogen-bond acceptors (Lipinski definition) is 6. The van der Waals surface area contributed by atoms with Crippen molar-refractivity contribution in [3.8, 4) is 10.8 Å². The van der Waals surface area contributed by atoms with Crippen LogP contribution in [0.3, 0.4) is 0 Å². The van der Waals surface area contributed by atoms with Crippen molar-refractivity contribution in [2.24, 2.45) is 0 Å². The van der Waals surface area contributed by atoms with Gasteiger partial charge in [0.15, 0.2) is 0 Å². The SMILES string of the molecule is Cc1nnc(-c2ccc(S(=O)(=O)N3CCCc4ccccc43)s2)o1. The Bertz CT molecular complexity index is 991. The van der Waals surface area contributed by atoms with Gasteiger partial charge < -0.3 is 4.42 Å². The first-order chi connectivity index (χ1) is 11.6. The number of benzene rings is 1. The number of hydrogen-bond donors (Lipinski definition) is 0. The van der Waals surface area contributed by atoms with Crippen LogP contribution in [0.25, 0.3) is 10.8 Å². The fourth-order valence-electron chi connectivity index (χ4n) is 2.83. The van der Waals surface area contributed by atoms with Crippen LogP contribution < -0.4 is 4.31 Å². The zero-order chi connectivity index (χ0) is 16.7. The third-order valence-corrected chi connectivity index (χ3v) is 7.28. The van der Waals surface area contributed by atoms with Gasteiger partial charge in [0.2, 0.25) is 5.89 Å². The molecule has 0 saturated carbocycles. The molecule has 3 heterocycles. The molecule has 6 nitrogen and oxygen atoms in total. The van der Waals surface area contributed by atoms with Gasteiger partial charge in [-0.25, -0.2) is 8.42 Å². The molecule has 124 valence electrons. The van der Waals surface area contributed by atoms with Crippen LogP contribution in [-0.2, 0) is 16.4 Å². The Morgan fingerprint density at radius 1 is 1.17 bits per heavy atom. The summed E-state index contributed by atoms with van der Waals surface area (Å²) in [5.41, 5.74) is 1.84. The lowest BCUT2D eigenvalue weighted by molar-refractivity contribution is 0.534. The Labute approximate surface area is 143 Å². The molecule has 2 aromatic heterocycles. The summed E-state index contributed by atoms with van der Waals surface area (Å²) in [5.74, 6) is 0.797. The summed E-state index contributed by atoms with van der Waals surface area (Å²) in [6.07, 6.45) is 1.72. The quantitative estimate of drug-likeness (QED) is 0.716. The number of aryl methyl sites for hydroxylation is 2. The lowest BCUT2D eigenvalue weighted by atomic mass is 10.0. The van der Waals surface area contributed by atoms with E-state index in [0.29, 0.717) is 23.2 Å². The lowest BCUT2D eigenvalue weighted by Gasteiger charge is -2.29. The Morgan fingerprint density at radius 2 is 2.00 bits per heavy atom. The third kappa shape index (κ3) is 2.51. The third-order valence-electron chi connectivity index (χ3n) is 3.93. The molecule has 0 bridgehead atoms. The summed E-state index contributed by atoms with van der Waals surface area (Å²) < 4.78 is 33.3. The standard InChI is InChI=1S/C16H15N3O3S2/c1-11-17-18-16(22-11)14-8-9-15(23-14)24(20,21)19-10-4-6-12-5-2-3-7-13(12)19/h2-3,5,7-9H,4,6,10H2,1H3. The van der Waals surface area contributed by atoms with Gasteiger partial charge in [0.1, 0.15) is 4.21 Å². The predicted molar refractivity (Wildman–Crippen MR) is 91.6 cm³/mol. The van der Waals surface area contributed by atoms with Crippen LogP contribution >= 0.6 is 11.3 Å². The van der Waals surface area contributed by atoms with E-state index in [4.69, 9.17) is 4.42 Å². The molecule has 3 aromatic rings. The minimum atomic E-state index is -3.59. The second-order valence-corrected chi connectivity index (χ2v) is 8.73. The van der Waals surface area contributed by atoms with Crippen molar-refractivity contribution in [2.75, 3.05) is 10.8 Å². The maximum atomic E-state index is 13.1. The molecule has 0 amide bonds. The maximum absolute atomic E-state index is 13.1. The summed E-state index contributed by atoms with van der Waals surface area (Å²) in [7, 11) is -3.59. The molecule has 0 aliphatic carbocycles. The first-order valence-corrected chi connectivity index (χ1v) is 9.82. The number of aromatic nitrogens is 2. The zero-order valence-corrected chi connectivity index (χ0v) is 14.6. The van der Waals surface area contributed by atoms with Gasteiger partial charge in [-0.15, -0.1) is 21.5 Å². The van der Waals surface area contributed by atoms with E-state index in [1.54, 1.807) is 19.1 Å². The van der Waals surface area contributed by atoms with Crippen molar-refractivity contribution in [2.45, 2.75) is 24.0 Å². The molecule has 8 heteroatoms. The van der Waals surface area contributed by atoms with E-state index in [9.17, 15) is 8.42 Å². The van der Waals surface area contributed by atoms with Crippen LogP contribution in [0.1, 0.15) is 17.9 Å². The number of rotatable bonds is 3. The van der Waals surface area contributed by atoms with E-state index in [-0.39, 0.29) is 4.21 Å². The van der Waals surface area contributed by atoms with Gasteiger partial charge in [-0.3, -0.25) is 4.31 Å². The largest absolute Gasteiger partial charge is 0.420 e. The van der Waals surface area contributed by atoms with Crippen molar-refractivity contribution in [3.63, 3.8) is 0 Å². The van der Waals surface area contributed by atoms with Crippen LogP contribution in [0.5, 0.6) is 0 Å². The maximum Gasteiger partial charge on any atom is 0.273 e. The Morgan fingerprint density at radius 3 is 2.79 bits per heavy atom. The first-order valence-electron chi connectivity index (χ1n) is 7.57. The molecule has 24 heavy (non-hydrogen) atoms. The first kappa shape index (κ1) is 15.3. The summed E-state index contributed by atoms with van der Waals surface area (Å²) in [5, 5.41) is 7.73. The van der Waals surface area contributed by atoms with Gasteiger partial charge >= 0.3 is 0 Å². The molecule has 0 atom stereocenters. The van der Waals surface area contributed by atoms with Crippen LogP contribution in [0.15, 0.2) is 45.0 Å². The van der Waals surface area contributed by atoms with Gasteiger partial charge in [0.25, 0.3) is 15.9 Å². The van der Waals surface area contributed by atoms with E-state index in [1.807, 2.05) is 24.3 Å². The normalized spacial score (nSPS) is 14.6. The molecule has 0 radical (unpaired) electrons. The van der Waals surface area contributed by atoms with Crippen LogP contribution in [0, 0.1) is 6.92 Å². The minimum absolute atomic E-state index is 0.282. The molecule has 0 N–H and O–H groups in total. The highest BCUT2D eigenvalue weighted by Gasteiger charge is 2.30. The highest BCUT2D eigenvalue weighted by molar-refractivity contribution is 7.94. The smallest absolute Gasteiger partial charge is 0.273 e. The minimum Gasteiger partial charge on any atom is -0.420 e. The molecular weight excluding hydrogens is 346 g/mol. The van der Waals surface area contributed by atoms with Crippen LogP contribution in [0.2, 0.25) is 0 Å².